The average molecular weight is 335 g/mol. The zero-order valence-corrected chi connectivity index (χ0v) is 14.5. The van der Waals surface area contributed by atoms with E-state index in [2.05, 4.69) is 33.3 Å². The number of ether oxygens (including phenoxy) is 1. The van der Waals surface area contributed by atoms with Crippen LogP contribution in [0, 0.1) is 13.8 Å². The molecule has 0 atom stereocenters. The quantitative estimate of drug-likeness (QED) is 0.317. The fraction of sp³-hybridized carbons (Fsp3) is 0.333. The van der Waals surface area contributed by atoms with E-state index in [1.54, 1.807) is 13.8 Å². The number of hydrogen-bond donors (Lipinski definition) is 3. The predicted molar refractivity (Wildman–Crippen MR) is 96.6 cm³/mol. The summed E-state index contributed by atoms with van der Waals surface area (Å²) in [5.41, 5.74) is 13.9. The van der Waals surface area contributed by atoms with Crippen LogP contribution < -0.4 is 16.6 Å². The van der Waals surface area contributed by atoms with Crippen LogP contribution in [0.5, 0.6) is 0 Å². The summed E-state index contributed by atoms with van der Waals surface area (Å²) in [5.74, 6) is -0.587. The van der Waals surface area contributed by atoms with Crippen LogP contribution in [0.2, 0.25) is 0 Å². The van der Waals surface area contributed by atoms with E-state index in [9.17, 15) is 4.79 Å². The van der Waals surface area contributed by atoms with Crippen LogP contribution in [0.3, 0.4) is 0 Å². The molecule has 0 spiro atoms. The van der Waals surface area contributed by atoms with Gasteiger partial charge in [-0.15, -0.1) is 0 Å². The van der Waals surface area contributed by atoms with Gasteiger partial charge in [-0.3, -0.25) is 10.9 Å². The minimum absolute atomic E-state index is 0.00472. The Kier molecular flexibility index (Phi) is 7.14. The van der Waals surface area contributed by atoms with Gasteiger partial charge in [0.25, 0.3) is 0 Å². The summed E-state index contributed by atoms with van der Waals surface area (Å²) >= 11 is 4.68. The first kappa shape index (κ1) is 18.6. The standard InChI is InChI=1S/C15H21N5O2S/c1-5-22-14(21)13(11(4)17-20-15(16)23)19-18-12-7-6-9(2)8-10(12)3/h6-8,18H,5H2,1-4H3,(H3,16,20,23). The van der Waals surface area contributed by atoms with Crippen LogP contribution in [0.25, 0.3) is 0 Å². The summed E-state index contributed by atoms with van der Waals surface area (Å²) in [6.07, 6.45) is 0. The van der Waals surface area contributed by atoms with Crippen molar-refractivity contribution >= 4 is 40.4 Å². The number of nitrogens with two attached hydrogens (primary N) is 1. The second kappa shape index (κ2) is 8.84. The molecule has 4 N–H and O–H groups in total. The van der Waals surface area contributed by atoms with Gasteiger partial charge in [0.15, 0.2) is 10.8 Å². The lowest BCUT2D eigenvalue weighted by molar-refractivity contribution is -0.134. The van der Waals surface area contributed by atoms with E-state index in [0.717, 1.165) is 16.8 Å². The lowest BCUT2D eigenvalue weighted by atomic mass is 10.1. The van der Waals surface area contributed by atoms with Gasteiger partial charge in [0.1, 0.15) is 0 Å². The van der Waals surface area contributed by atoms with Crippen molar-refractivity contribution in [2.45, 2.75) is 27.7 Å². The number of nitrogens with one attached hydrogen (secondary N) is 2. The molecule has 0 amide bonds. The minimum Gasteiger partial charge on any atom is -0.461 e. The topological polar surface area (TPSA) is 101 Å². The number of aryl methyl sites for hydroxylation is 2. The Bertz CT molecular complexity index is 655. The number of carbonyl (C=O) groups is 1. The summed E-state index contributed by atoms with van der Waals surface area (Å²) in [6, 6.07) is 5.85. The number of hydrazone groups is 2. The highest BCUT2D eigenvalue weighted by molar-refractivity contribution is 7.80. The van der Waals surface area contributed by atoms with Gasteiger partial charge < -0.3 is 10.5 Å². The average Bonchev–Trinajstić information content (AvgIpc) is 2.47. The molecule has 0 unspecified atom stereocenters. The fourth-order valence-electron chi connectivity index (χ4n) is 1.72. The van der Waals surface area contributed by atoms with Crippen LogP contribution in [0.4, 0.5) is 5.69 Å². The van der Waals surface area contributed by atoms with Crippen molar-refractivity contribution in [1.82, 2.24) is 5.43 Å². The Hall–Kier alpha value is -2.48. The summed E-state index contributed by atoms with van der Waals surface area (Å²) < 4.78 is 4.99. The second-order valence-corrected chi connectivity index (χ2v) is 5.22. The predicted octanol–water partition coefficient (Wildman–Crippen LogP) is 1.84. The van der Waals surface area contributed by atoms with Crippen LogP contribution >= 0.6 is 12.2 Å². The third kappa shape index (κ3) is 6.03. The number of esters is 1. The molecule has 1 rings (SSSR count). The lowest BCUT2D eigenvalue weighted by Crippen LogP contribution is -2.30. The minimum atomic E-state index is -0.587. The van der Waals surface area contributed by atoms with Gasteiger partial charge in [0.05, 0.1) is 18.0 Å². The molecule has 7 nitrogen and oxygen atoms in total. The monoisotopic (exact) mass is 335 g/mol. The van der Waals surface area contributed by atoms with E-state index in [1.807, 2.05) is 32.0 Å². The van der Waals surface area contributed by atoms with Gasteiger partial charge in [-0.1, -0.05) is 17.7 Å². The molecule has 0 aliphatic heterocycles. The Labute approximate surface area is 141 Å². The number of hydrogen-bond acceptors (Lipinski definition) is 6. The van der Waals surface area contributed by atoms with Gasteiger partial charge in [-0.2, -0.15) is 10.2 Å². The van der Waals surface area contributed by atoms with E-state index >= 15 is 0 Å². The maximum atomic E-state index is 12.0. The zero-order valence-electron chi connectivity index (χ0n) is 13.6. The molecular weight excluding hydrogens is 314 g/mol. The summed E-state index contributed by atoms with van der Waals surface area (Å²) in [5, 5.41) is 8.02. The van der Waals surface area contributed by atoms with E-state index in [1.165, 1.54) is 0 Å². The molecule has 23 heavy (non-hydrogen) atoms. The Morgan fingerprint density at radius 3 is 2.61 bits per heavy atom. The molecule has 0 saturated carbocycles. The van der Waals surface area contributed by atoms with Crippen molar-refractivity contribution < 1.29 is 9.53 Å². The molecular formula is C15H21N5O2S. The highest BCUT2D eigenvalue weighted by Gasteiger charge is 2.17. The number of rotatable bonds is 6. The zero-order chi connectivity index (χ0) is 17.4. The Morgan fingerprint density at radius 2 is 2.04 bits per heavy atom. The molecule has 124 valence electrons. The number of nitrogens with zero attached hydrogens (tertiary/aromatic N) is 2. The third-order valence-electron chi connectivity index (χ3n) is 2.82. The number of carbonyl (C=O) groups excluding carboxylic acids is 1. The largest absolute Gasteiger partial charge is 0.461 e. The van der Waals surface area contributed by atoms with Crippen molar-refractivity contribution in [3.05, 3.63) is 29.3 Å². The molecule has 0 saturated heterocycles. The van der Waals surface area contributed by atoms with Crippen molar-refractivity contribution in [2.75, 3.05) is 12.0 Å². The summed E-state index contributed by atoms with van der Waals surface area (Å²) in [6.45, 7) is 7.50. The first-order valence-electron chi connectivity index (χ1n) is 7.03. The Morgan fingerprint density at radius 1 is 1.35 bits per heavy atom. The smallest absolute Gasteiger partial charge is 0.360 e. The fourth-order valence-corrected chi connectivity index (χ4v) is 1.77. The molecule has 0 heterocycles. The van der Waals surface area contributed by atoms with Gasteiger partial charge in [0, 0.05) is 0 Å². The van der Waals surface area contributed by atoms with E-state index in [0.29, 0.717) is 5.71 Å². The molecule has 0 aromatic heterocycles. The number of thiocarbonyl (C=S) groups is 1. The second-order valence-electron chi connectivity index (χ2n) is 4.78. The van der Waals surface area contributed by atoms with Gasteiger partial charge >= 0.3 is 5.97 Å². The van der Waals surface area contributed by atoms with Crippen LogP contribution in [0.1, 0.15) is 25.0 Å². The SMILES string of the molecule is CCOC(=O)C(=NNc1ccc(C)cc1C)C(C)=NNC(N)=S. The van der Waals surface area contributed by atoms with E-state index in [4.69, 9.17) is 10.5 Å². The van der Waals surface area contributed by atoms with Crippen molar-refractivity contribution in [3.8, 4) is 0 Å². The third-order valence-corrected chi connectivity index (χ3v) is 2.91. The first-order valence-corrected chi connectivity index (χ1v) is 7.44. The highest BCUT2D eigenvalue weighted by Crippen LogP contribution is 2.15. The van der Waals surface area contributed by atoms with Crippen molar-refractivity contribution in [1.29, 1.82) is 0 Å². The maximum absolute atomic E-state index is 12.0. The van der Waals surface area contributed by atoms with Crippen molar-refractivity contribution in [3.63, 3.8) is 0 Å². The van der Waals surface area contributed by atoms with Crippen molar-refractivity contribution in [2.24, 2.45) is 15.9 Å². The van der Waals surface area contributed by atoms with Crippen LogP contribution in [0.15, 0.2) is 28.4 Å². The van der Waals surface area contributed by atoms with Crippen LogP contribution in [-0.2, 0) is 9.53 Å². The molecule has 0 fully saturated rings. The summed E-state index contributed by atoms with van der Waals surface area (Å²) in [4.78, 5) is 12.0. The molecule has 8 heteroatoms. The van der Waals surface area contributed by atoms with E-state index < -0.39 is 5.97 Å². The number of benzene rings is 1. The maximum Gasteiger partial charge on any atom is 0.360 e. The molecule has 0 aliphatic rings. The van der Waals surface area contributed by atoms with Gasteiger partial charge in [0.2, 0.25) is 0 Å². The summed E-state index contributed by atoms with van der Waals surface area (Å²) in [7, 11) is 0. The molecule has 1 aromatic carbocycles. The van der Waals surface area contributed by atoms with E-state index in [-0.39, 0.29) is 17.4 Å². The molecule has 1 aromatic rings. The highest BCUT2D eigenvalue weighted by atomic mass is 32.1. The molecule has 0 bridgehead atoms. The lowest BCUT2D eigenvalue weighted by Gasteiger charge is -2.09. The van der Waals surface area contributed by atoms with Crippen LogP contribution in [-0.4, -0.2) is 29.1 Å². The van der Waals surface area contributed by atoms with Gasteiger partial charge in [-0.25, -0.2) is 4.79 Å². The molecule has 0 aliphatic carbocycles. The number of anilines is 1. The van der Waals surface area contributed by atoms with Gasteiger partial charge in [-0.05, 0) is 51.5 Å². The molecule has 0 radical (unpaired) electrons. The first-order chi connectivity index (χ1) is 10.8. The normalized spacial score (nSPS) is 11.8. The Balaban J connectivity index is 3.05.